The van der Waals surface area contributed by atoms with Crippen LogP contribution in [0.2, 0.25) is 0 Å². The third kappa shape index (κ3) is 26.8. The SMILES string of the molecule is CCC[C@@H](C(=O)N[C@H](C(=O)N[C@@H](CN)C(N)=O)C1CCCCC1)N(C)C(=O)[C@H](C)[C@@H](CC1CCCCC1)OC[C@@H](C)NC(=O)[C@@H](C)COCC(CN)CCC[C@@H](C(=O)N[C@H](C(=O)N[C@@H](CN)C(N)=O)C1CCCCC1)N(C)C(=O)[C@H](C)[C@@H](CC1CC2(CCC2)C1)OC[C@@H](C)NC(=O)[C@@H](C)[C@H](C)O. The second kappa shape index (κ2) is 43.8. The van der Waals surface area contributed by atoms with Gasteiger partial charge in [0.1, 0.15) is 36.3 Å². The molecule has 0 aliphatic heterocycles. The molecular weight excluding hydrogens is 1310 g/mol. The maximum Gasteiger partial charge on any atom is 0.243 e. The van der Waals surface area contributed by atoms with Gasteiger partial charge in [-0.05, 0) is 146 Å². The van der Waals surface area contributed by atoms with Gasteiger partial charge in [0.15, 0.2) is 0 Å². The van der Waals surface area contributed by atoms with Crippen molar-refractivity contribution in [1.82, 2.24) is 41.7 Å². The van der Waals surface area contributed by atoms with E-state index in [2.05, 4.69) is 31.9 Å². The van der Waals surface area contributed by atoms with Gasteiger partial charge in [-0.2, -0.15) is 0 Å². The fourth-order valence-corrected chi connectivity index (χ4v) is 16.1. The lowest BCUT2D eigenvalue weighted by Crippen LogP contribution is -2.60. The van der Waals surface area contributed by atoms with Crippen molar-refractivity contribution < 1.29 is 67.3 Å². The Bertz CT molecular complexity index is 2650. The van der Waals surface area contributed by atoms with Gasteiger partial charge in [-0.3, -0.25) is 47.9 Å². The molecule has 0 bridgehead atoms. The van der Waals surface area contributed by atoms with E-state index >= 15 is 9.59 Å². The van der Waals surface area contributed by atoms with Gasteiger partial charge in [0.2, 0.25) is 59.1 Å². The smallest absolute Gasteiger partial charge is 0.243 e. The number of aliphatic hydroxyl groups is 1. The second-order valence-electron chi connectivity index (χ2n) is 31.6. The van der Waals surface area contributed by atoms with E-state index in [1.54, 1.807) is 34.9 Å². The monoisotopic (exact) mass is 1440 g/mol. The zero-order chi connectivity index (χ0) is 75.4. The van der Waals surface area contributed by atoms with Crippen LogP contribution in [0.4, 0.5) is 0 Å². The summed E-state index contributed by atoms with van der Waals surface area (Å²) in [6.07, 6.45) is 20.5. The third-order valence-electron chi connectivity index (χ3n) is 23.2. The lowest BCUT2D eigenvalue weighted by Gasteiger charge is -2.55. The van der Waals surface area contributed by atoms with Gasteiger partial charge in [-0.25, -0.2) is 0 Å². The summed E-state index contributed by atoms with van der Waals surface area (Å²) in [5, 5.41) is 27.4. The maximum atomic E-state index is 15.0. The summed E-state index contributed by atoms with van der Waals surface area (Å²) in [5.74, 6) is -7.49. The summed E-state index contributed by atoms with van der Waals surface area (Å²) in [7, 11) is 3.22. The highest BCUT2D eigenvalue weighted by molar-refractivity contribution is 5.96. The minimum Gasteiger partial charge on any atom is -0.393 e. The van der Waals surface area contributed by atoms with Gasteiger partial charge in [0, 0.05) is 39.3 Å². The van der Waals surface area contributed by atoms with Crippen LogP contribution in [0.5, 0.6) is 0 Å². The standard InChI is InChI=1S/C75H135N13O14/c1-11-23-59(69(94)85-63(55-27-17-13-18-28-55)71(96)83-57(39-77)65(79)90)87(9)73(98)49(6)61(34-52-24-15-12-16-25-52)101-42-46(3)81-67(92)45(2)41-100-44-53(38-76)26-21-31-60(70(95)86-64(56-29-19-14-20-30-56)72(97)84-58(40-78)66(80)91)88(10)74(99)50(7)62(35-54-36-75(37-54)32-22-33-75)102-43-47(4)82-68(93)48(5)51(8)89/h45-64,89H,11-44,76-78H2,1-10H3,(H2,79,90)(H2,80,91)(H,81,92)(H,82,93)(H,83,96)(H,84,97)(H,85,94)(H,86,95)/t45-,46+,47+,48-,49+,50+,51-,53?,57-,58-,59-,60-,61+,62+,63-,64-/m0/s1. The Morgan fingerprint density at radius 1 is 0.480 bits per heavy atom. The molecule has 1 unspecified atom stereocenters. The van der Waals surface area contributed by atoms with Crippen LogP contribution in [-0.4, -0.2) is 201 Å². The summed E-state index contributed by atoms with van der Waals surface area (Å²) in [6, 6.07) is -7.11. The van der Waals surface area contributed by atoms with Gasteiger partial charge in [-0.1, -0.05) is 125 Å². The average Bonchev–Trinajstić information content (AvgIpc) is 0.760. The molecule has 5 fully saturated rings. The molecule has 16 atom stereocenters. The van der Waals surface area contributed by atoms with Crippen LogP contribution < -0.4 is 60.6 Å². The first-order valence-electron chi connectivity index (χ1n) is 39.0. The maximum absolute atomic E-state index is 15.0. The Labute approximate surface area is 608 Å². The van der Waals surface area contributed by atoms with Crippen LogP contribution in [0, 0.1) is 58.7 Å². The summed E-state index contributed by atoms with van der Waals surface area (Å²) < 4.78 is 19.4. The minimum atomic E-state index is -1.16. The highest BCUT2D eigenvalue weighted by Crippen LogP contribution is 2.60. The molecule has 27 nitrogen and oxygen atoms in total. The molecule has 5 saturated carbocycles. The Morgan fingerprint density at radius 3 is 1.31 bits per heavy atom. The summed E-state index contributed by atoms with van der Waals surface area (Å²) >= 11 is 0. The molecule has 5 aliphatic carbocycles. The van der Waals surface area contributed by atoms with Crippen LogP contribution in [0.15, 0.2) is 0 Å². The van der Waals surface area contributed by atoms with Gasteiger partial charge >= 0.3 is 0 Å². The highest BCUT2D eigenvalue weighted by Gasteiger charge is 2.50. The van der Waals surface area contributed by atoms with Crippen LogP contribution in [0.1, 0.15) is 229 Å². The van der Waals surface area contributed by atoms with Crippen molar-refractivity contribution in [2.45, 2.75) is 295 Å². The van der Waals surface area contributed by atoms with E-state index in [0.29, 0.717) is 81.5 Å². The number of aliphatic hydroxyl groups excluding tert-OH is 1. The highest BCUT2D eigenvalue weighted by atomic mass is 16.5. The zero-order valence-electron chi connectivity index (χ0n) is 63.6. The number of hydrogen-bond acceptors (Lipinski definition) is 17. The van der Waals surface area contributed by atoms with Crippen molar-refractivity contribution in [1.29, 1.82) is 0 Å². The van der Waals surface area contributed by atoms with Crippen LogP contribution in [0.3, 0.4) is 0 Å². The number of primary amides is 2. The predicted octanol–water partition coefficient (Wildman–Crippen LogP) is 3.84. The molecule has 5 aliphatic rings. The molecule has 0 heterocycles. The molecule has 0 aromatic rings. The largest absolute Gasteiger partial charge is 0.393 e. The van der Waals surface area contributed by atoms with Crippen molar-refractivity contribution in [3.63, 3.8) is 0 Å². The average molecular weight is 1440 g/mol. The normalized spacial score (nSPS) is 21.5. The number of amides is 10. The van der Waals surface area contributed by atoms with E-state index in [4.69, 9.17) is 42.9 Å². The van der Waals surface area contributed by atoms with E-state index in [0.717, 1.165) is 83.5 Å². The fourth-order valence-electron chi connectivity index (χ4n) is 16.1. The van der Waals surface area contributed by atoms with Gasteiger partial charge < -0.3 is 89.7 Å². The molecule has 102 heavy (non-hydrogen) atoms. The van der Waals surface area contributed by atoms with Crippen molar-refractivity contribution in [3.8, 4) is 0 Å². The Kier molecular flexibility index (Phi) is 37.4. The van der Waals surface area contributed by atoms with Crippen molar-refractivity contribution in [3.05, 3.63) is 0 Å². The number of nitrogens with zero attached hydrogens (tertiary/aromatic N) is 2. The lowest BCUT2D eigenvalue weighted by molar-refractivity contribution is -0.149. The molecule has 17 N–H and O–H groups in total. The molecule has 0 aromatic carbocycles. The van der Waals surface area contributed by atoms with E-state index in [9.17, 15) is 43.5 Å². The first-order chi connectivity index (χ1) is 48.5. The Balaban J connectivity index is 1.24. The van der Waals surface area contributed by atoms with Crippen molar-refractivity contribution in [2.24, 2.45) is 87.3 Å². The molecule has 0 aromatic heterocycles. The summed E-state index contributed by atoms with van der Waals surface area (Å²) in [5.41, 5.74) is 29.5. The first kappa shape index (κ1) is 87.1. The molecule has 1 spiro atoms. The Hall–Kier alpha value is -5.58. The number of carbonyl (C=O) groups is 10. The van der Waals surface area contributed by atoms with E-state index < -0.39 is 126 Å². The topological polar surface area (TPSA) is 427 Å². The number of hydrogen-bond donors (Lipinski definition) is 12. The van der Waals surface area contributed by atoms with Crippen LogP contribution in [-0.2, 0) is 62.2 Å². The number of ether oxygens (including phenoxy) is 3. The molecule has 584 valence electrons. The van der Waals surface area contributed by atoms with E-state index in [1.807, 2.05) is 34.6 Å². The summed E-state index contributed by atoms with van der Waals surface area (Å²) in [6.45, 7) is 14.5. The van der Waals surface area contributed by atoms with Crippen LogP contribution >= 0.6 is 0 Å². The molecule has 27 heteroatoms. The Morgan fingerprint density at radius 2 is 0.912 bits per heavy atom. The van der Waals surface area contributed by atoms with Gasteiger partial charge in [-0.15, -0.1) is 0 Å². The van der Waals surface area contributed by atoms with Gasteiger partial charge in [0.25, 0.3) is 0 Å². The van der Waals surface area contributed by atoms with Gasteiger partial charge in [0.05, 0.1) is 68.4 Å². The lowest BCUT2D eigenvalue weighted by atomic mass is 9.51. The first-order valence-corrected chi connectivity index (χ1v) is 39.0. The molecule has 0 radical (unpaired) electrons. The number of nitrogens with one attached hydrogen (secondary N) is 6. The summed E-state index contributed by atoms with van der Waals surface area (Å²) in [4.78, 5) is 141. The minimum absolute atomic E-state index is 0.0705. The number of likely N-dealkylation sites (N-methyl/N-ethyl adjacent to an activating group) is 2. The van der Waals surface area contributed by atoms with E-state index in [1.165, 1.54) is 29.1 Å². The predicted molar refractivity (Wildman–Crippen MR) is 390 cm³/mol. The fraction of sp³-hybridized carbons (Fsp3) is 0.867. The van der Waals surface area contributed by atoms with Crippen molar-refractivity contribution >= 4 is 59.1 Å². The third-order valence-corrected chi connectivity index (χ3v) is 23.2. The van der Waals surface area contributed by atoms with Crippen molar-refractivity contribution in [2.75, 3.05) is 60.2 Å². The van der Waals surface area contributed by atoms with E-state index in [-0.39, 0.29) is 93.9 Å². The van der Waals surface area contributed by atoms with Crippen LogP contribution in [0.25, 0.3) is 0 Å². The molecular formula is C75H135N13O14. The zero-order valence-corrected chi connectivity index (χ0v) is 63.6. The molecule has 5 rings (SSSR count). The number of rotatable bonds is 46. The number of carbonyl (C=O) groups excluding carboxylic acids is 10. The molecule has 0 saturated heterocycles. The second-order valence-corrected chi connectivity index (χ2v) is 31.6. The molecule has 10 amide bonds. The quantitative estimate of drug-likeness (QED) is 0.0412. The number of nitrogens with two attached hydrogens (primary N) is 5.